The van der Waals surface area contributed by atoms with E-state index in [0.29, 0.717) is 41.7 Å². The molecule has 2 heterocycles. The molecule has 0 bridgehead atoms. The number of aromatic amines is 1. The summed E-state index contributed by atoms with van der Waals surface area (Å²) in [6.45, 7) is 7.48. The van der Waals surface area contributed by atoms with Gasteiger partial charge in [-0.05, 0) is 44.2 Å². The van der Waals surface area contributed by atoms with Gasteiger partial charge in [-0.25, -0.2) is 0 Å². The van der Waals surface area contributed by atoms with Crippen molar-refractivity contribution in [2.75, 3.05) is 37.7 Å². The minimum Gasteiger partial charge on any atom is -0.492 e. The molecule has 1 aliphatic heterocycles. The number of aromatic nitrogens is 2. The fourth-order valence-electron chi connectivity index (χ4n) is 3.69. The maximum Gasteiger partial charge on any atom is 0.257 e. The maximum absolute atomic E-state index is 13.2. The highest BCUT2D eigenvalue weighted by Crippen LogP contribution is 2.31. The second-order valence-corrected chi connectivity index (χ2v) is 7.76. The molecule has 1 fully saturated rings. The first-order valence-electron chi connectivity index (χ1n) is 10.1. The van der Waals surface area contributed by atoms with Gasteiger partial charge in [0.15, 0.2) is 0 Å². The first-order valence-corrected chi connectivity index (χ1v) is 10.5. The zero-order valence-corrected chi connectivity index (χ0v) is 17.9. The molecule has 6 nitrogen and oxygen atoms in total. The molecule has 30 heavy (non-hydrogen) atoms. The van der Waals surface area contributed by atoms with Crippen LogP contribution in [0, 0.1) is 6.92 Å². The average molecular weight is 425 g/mol. The lowest BCUT2D eigenvalue weighted by molar-refractivity contribution is 0.0747. The number of piperazine rings is 1. The predicted molar refractivity (Wildman–Crippen MR) is 119 cm³/mol. The van der Waals surface area contributed by atoms with Crippen molar-refractivity contribution in [2.45, 2.75) is 13.8 Å². The Bertz CT molecular complexity index is 1020. The number of aryl methyl sites for hydroxylation is 1. The lowest BCUT2D eigenvalue weighted by Crippen LogP contribution is -2.48. The van der Waals surface area contributed by atoms with Crippen LogP contribution in [0.15, 0.2) is 48.7 Å². The number of carbonyl (C=O) groups excluding carboxylic acids is 1. The third kappa shape index (κ3) is 4.14. The van der Waals surface area contributed by atoms with Gasteiger partial charge in [0, 0.05) is 37.4 Å². The summed E-state index contributed by atoms with van der Waals surface area (Å²) in [5.74, 6) is 0.606. The second kappa shape index (κ2) is 8.79. The summed E-state index contributed by atoms with van der Waals surface area (Å²) in [5.41, 5.74) is 4.47. The highest BCUT2D eigenvalue weighted by Gasteiger charge is 2.25. The van der Waals surface area contributed by atoms with Crippen molar-refractivity contribution in [3.8, 4) is 17.0 Å². The summed E-state index contributed by atoms with van der Waals surface area (Å²) in [4.78, 5) is 17.4. The number of nitrogens with zero attached hydrogens (tertiary/aromatic N) is 3. The minimum atomic E-state index is -0.0210. The molecule has 0 atom stereocenters. The molecule has 3 aromatic rings. The van der Waals surface area contributed by atoms with E-state index in [-0.39, 0.29) is 5.91 Å². The predicted octanol–water partition coefficient (Wildman–Crippen LogP) is 4.40. The molecular weight excluding hydrogens is 400 g/mol. The fraction of sp³-hybridized carbons (Fsp3) is 0.304. The molecule has 1 aromatic heterocycles. The topological polar surface area (TPSA) is 61.5 Å². The minimum absolute atomic E-state index is 0.0210. The van der Waals surface area contributed by atoms with Gasteiger partial charge in [-0.3, -0.25) is 9.89 Å². The molecule has 1 N–H and O–H groups in total. The summed E-state index contributed by atoms with van der Waals surface area (Å²) in [5, 5.41) is 7.58. The van der Waals surface area contributed by atoms with E-state index in [9.17, 15) is 4.79 Å². The number of hydrogen-bond acceptors (Lipinski definition) is 4. The van der Waals surface area contributed by atoms with Crippen LogP contribution in [0.4, 0.5) is 5.69 Å². The van der Waals surface area contributed by atoms with Crippen molar-refractivity contribution < 1.29 is 9.53 Å². The molecule has 1 aliphatic rings. The van der Waals surface area contributed by atoms with Gasteiger partial charge in [0.1, 0.15) is 5.75 Å². The summed E-state index contributed by atoms with van der Waals surface area (Å²) < 4.78 is 5.50. The van der Waals surface area contributed by atoms with Gasteiger partial charge in [-0.2, -0.15) is 5.10 Å². The highest BCUT2D eigenvalue weighted by atomic mass is 35.5. The molecule has 1 saturated heterocycles. The number of benzene rings is 2. The third-order valence-electron chi connectivity index (χ3n) is 5.36. The molecule has 1 amide bonds. The first-order chi connectivity index (χ1) is 14.6. The van der Waals surface area contributed by atoms with E-state index in [0.717, 1.165) is 18.7 Å². The van der Waals surface area contributed by atoms with Crippen molar-refractivity contribution in [1.82, 2.24) is 15.1 Å². The van der Waals surface area contributed by atoms with E-state index in [1.807, 2.05) is 24.0 Å². The van der Waals surface area contributed by atoms with E-state index < -0.39 is 0 Å². The van der Waals surface area contributed by atoms with Crippen molar-refractivity contribution in [3.63, 3.8) is 0 Å². The van der Waals surface area contributed by atoms with Crippen LogP contribution < -0.4 is 9.64 Å². The zero-order chi connectivity index (χ0) is 21.1. The van der Waals surface area contributed by atoms with Crippen LogP contribution in [0.25, 0.3) is 11.3 Å². The standard InChI is InChI=1S/C23H25ClN4O2/c1-3-30-21-9-6-17(14-20(21)24)22-19(15-25-26-22)23(29)28-12-10-27(11-13-28)18-7-4-16(2)5-8-18/h4-9,14-15H,3,10-13H2,1-2H3,(H,25,26). The Kier molecular flexibility index (Phi) is 5.95. The maximum atomic E-state index is 13.2. The molecule has 0 spiro atoms. The summed E-state index contributed by atoms with van der Waals surface area (Å²) in [6.07, 6.45) is 1.59. The molecule has 0 radical (unpaired) electrons. The van der Waals surface area contributed by atoms with E-state index in [1.165, 1.54) is 11.3 Å². The number of halogens is 1. The van der Waals surface area contributed by atoms with Crippen molar-refractivity contribution in [1.29, 1.82) is 0 Å². The van der Waals surface area contributed by atoms with Crippen LogP contribution in [0.5, 0.6) is 5.75 Å². The zero-order valence-electron chi connectivity index (χ0n) is 17.2. The Morgan fingerprint density at radius 1 is 1.13 bits per heavy atom. The van der Waals surface area contributed by atoms with E-state index in [4.69, 9.17) is 16.3 Å². The number of amides is 1. The summed E-state index contributed by atoms with van der Waals surface area (Å²) >= 11 is 6.33. The molecule has 0 unspecified atom stereocenters. The Morgan fingerprint density at radius 2 is 1.87 bits per heavy atom. The molecule has 0 saturated carbocycles. The lowest BCUT2D eigenvalue weighted by Gasteiger charge is -2.36. The van der Waals surface area contributed by atoms with Gasteiger partial charge >= 0.3 is 0 Å². The van der Waals surface area contributed by atoms with Gasteiger partial charge in [0.25, 0.3) is 5.91 Å². The van der Waals surface area contributed by atoms with Gasteiger partial charge in [0.2, 0.25) is 0 Å². The number of ether oxygens (including phenoxy) is 1. The average Bonchev–Trinajstić information content (AvgIpc) is 3.25. The quantitative estimate of drug-likeness (QED) is 0.659. The summed E-state index contributed by atoms with van der Waals surface area (Å²) in [6, 6.07) is 14.0. The number of H-pyrrole nitrogens is 1. The van der Waals surface area contributed by atoms with Gasteiger partial charge in [-0.15, -0.1) is 0 Å². The van der Waals surface area contributed by atoms with Gasteiger partial charge in [0.05, 0.1) is 29.1 Å². The molecule has 4 rings (SSSR count). The van der Waals surface area contributed by atoms with Gasteiger partial charge in [-0.1, -0.05) is 29.3 Å². The lowest BCUT2D eigenvalue weighted by atomic mass is 10.1. The molecule has 156 valence electrons. The van der Waals surface area contributed by atoms with E-state index in [1.54, 1.807) is 12.3 Å². The fourth-order valence-corrected chi connectivity index (χ4v) is 3.93. The number of anilines is 1. The largest absolute Gasteiger partial charge is 0.492 e. The monoisotopic (exact) mass is 424 g/mol. The van der Waals surface area contributed by atoms with Crippen LogP contribution in [-0.2, 0) is 0 Å². The number of rotatable bonds is 5. The van der Waals surface area contributed by atoms with Crippen molar-refractivity contribution >= 4 is 23.2 Å². The number of nitrogens with one attached hydrogen (secondary N) is 1. The third-order valence-corrected chi connectivity index (χ3v) is 5.65. The van der Waals surface area contributed by atoms with E-state index in [2.05, 4.69) is 46.3 Å². The van der Waals surface area contributed by atoms with Gasteiger partial charge < -0.3 is 14.5 Å². The van der Waals surface area contributed by atoms with Crippen LogP contribution in [-0.4, -0.2) is 53.8 Å². The van der Waals surface area contributed by atoms with Crippen LogP contribution in [0.3, 0.4) is 0 Å². The smallest absolute Gasteiger partial charge is 0.257 e. The summed E-state index contributed by atoms with van der Waals surface area (Å²) in [7, 11) is 0. The first kappa shape index (κ1) is 20.3. The Morgan fingerprint density at radius 3 is 2.53 bits per heavy atom. The molecule has 2 aromatic carbocycles. The van der Waals surface area contributed by atoms with Crippen LogP contribution in [0.1, 0.15) is 22.8 Å². The Labute approximate surface area is 181 Å². The highest BCUT2D eigenvalue weighted by molar-refractivity contribution is 6.32. The van der Waals surface area contributed by atoms with E-state index >= 15 is 0 Å². The van der Waals surface area contributed by atoms with Crippen LogP contribution in [0.2, 0.25) is 5.02 Å². The number of carbonyl (C=O) groups is 1. The number of hydrogen-bond donors (Lipinski definition) is 1. The molecular formula is C23H25ClN4O2. The molecule has 7 heteroatoms. The van der Waals surface area contributed by atoms with Crippen LogP contribution >= 0.6 is 11.6 Å². The SMILES string of the molecule is CCOc1ccc(-c2[nH]ncc2C(=O)N2CCN(c3ccc(C)cc3)CC2)cc1Cl. The van der Waals surface area contributed by atoms with Crippen molar-refractivity contribution in [2.24, 2.45) is 0 Å². The van der Waals surface area contributed by atoms with Crippen molar-refractivity contribution in [3.05, 3.63) is 64.8 Å². The molecule has 0 aliphatic carbocycles. The normalized spacial score (nSPS) is 14.1. The Hall–Kier alpha value is -2.99. The Balaban J connectivity index is 1.47. The second-order valence-electron chi connectivity index (χ2n) is 7.35.